The fraction of sp³-hybridized carbons (Fsp3) is 0.875. The molecular weight excluding hydrogens is 204 g/mol. The maximum atomic E-state index is 11.2. The number of aliphatic carboxylic acids is 1. The zero-order chi connectivity index (χ0) is 10.6. The molecule has 82 valence electrons. The quantitative estimate of drug-likeness (QED) is 0.627. The topological polar surface area (TPSA) is 83.6 Å². The Balaban J connectivity index is 2.57. The number of carboxylic acids is 1. The molecule has 0 aromatic heterocycles. The summed E-state index contributed by atoms with van der Waals surface area (Å²) in [5.74, 6) is 0.345. The summed E-state index contributed by atoms with van der Waals surface area (Å²) >= 11 is 0. The Morgan fingerprint density at radius 1 is 1.50 bits per heavy atom. The minimum Gasteiger partial charge on any atom is -0.480 e. The van der Waals surface area contributed by atoms with Crippen molar-refractivity contribution >= 4 is 16.8 Å². The molecule has 0 radical (unpaired) electrons. The highest BCUT2D eigenvalue weighted by Crippen LogP contribution is 2.06. The molecule has 0 aromatic carbocycles. The van der Waals surface area contributed by atoms with Crippen LogP contribution in [0.5, 0.6) is 0 Å². The number of rotatable bonds is 3. The van der Waals surface area contributed by atoms with Gasteiger partial charge in [-0.1, -0.05) is 0 Å². The second-order valence-electron chi connectivity index (χ2n) is 3.33. The third-order valence-corrected chi connectivity index (χ3v) is 3.75. The van der Waals surface area contributed by atoms with Crippen molar-refractivity contribution in [2.75, 3.05) is 31.1 Å². The fourth-order valence-electron chi connectivity index (χ4n) is 1.58. The average Bonchev–Trinajstić information content (AvgIpc) is 2.32. The van der Waals surface area contributed by atoms with Crippen LogP contribution in [0, 0.1) is 0 Å². The smallest absolute Gasteiger partial charge is 0.322 e. The van der Waals surface area contributed by atoms with Crippen LogP contribution in [0.2, 0.25) is 0 Å². The van der Waals surface area contributed by atoms with Crippen LogP contribution in [0.25, 0.3) is 0 Å². The van der Waals surface area contributed by atoms with Crippen molar-refractivity contribution in [2.24, 2.45) is 5.73 Å². The Morgan fingerprint density at radius 2 is 2.21 bits per heavy atom. The highest BCUT2D eigenvalue weighted by atomic mass is 32.2. The lowest BCUT2D eigenvalue weighted by molar-refractivity contribution is -0.142. The monoisotopic (exact) mass is 220 g/mol. The Kier molecular flexibility index (Phi) is 4.50. The Morgan fingerprint density at radius 3 is 2.79 bits per heavy atom. The van der Waals surface area contributed by atoms with Gasteiger partial charge in [0.2, 0.25) is 0 Å². The Bertz CT molecular complexity index is 235. The van der Waals surface area contributed by atoms with Crippen molar-refractivity contribution in [1.82, 2.24) is 4.90 Å². The predicted molar refractivity (Wildman–Crippen MR) is 54.5 cm³/mol. The molecule has 1 fully saturated rings. The van der Waals surface area contributed by atoms with Crippen LogP contribution < -0.4 is 5.73 Å². The second-order valence-corrected chi connectivity index (χ2v) is 5.02. The summed E-state index contributed by atoms with van der Waals surface area (Å²) in [7, 11) is -0.785. The van der Waals surface area contributed by atoms with E-state index in [1.54, 1.807) is 0 Å². The van der Waals surface area contributed by atoms with Gasteiger partial charge in [-0.05, 0) is 13.0 Å². The highest BCUT2D eigenvalue weighted by molar-refractivity contribution is 7.85. The minimum atomic E-state index is -0.889. The number of carbonyl (C=O) groups is 1. The van der Waals surface area contributed by atoms with Crippen LogP contribution >= 0.6 is 0 Å². The number of hydrogen-bond acceptors (Lipinski definition) is 4. The van der Waals surface area contributed by atoms with Crippen molar-refractivity contribution in [3.8, 4) is 0 Å². The van der Waals surface area contributed by atoms with Crippen LogP contribution in [0.15, 0.2) is 0 Å². The molecular formula is C8H16N2O3S. The first kappa shape index (κ1) is 11.6. The van der Waals surface area contributed by atoms with Gasteiger partial charge in [0.1, 0.15) is 6.04 Å². The van der Waals surface area contributed by atoms with E-state index in [1.807, 2.05) is 4.90 Å². The zero-order valence-corrected chi connectivity index (χ0v) is 8.83. The largest absolute Gasteiger partial charge is 0.480 e. The SMILES string of the molecule is NCC(C(=O)O)N1CCCS(=O)CC1. The first-order valence-corrected chi connectivity index (χ1v) is 6.16. The molecule has 0 spiro atoms. The summed E-state index contributed by atoms with van der Waals surface area (Å²) in [5, 5.41) is 8.89. The van der Waals surface area contributed by atoms with Gasteiger partial charge in [0.15, 0.2) is 0 Å². The Labute approximate surface area is 85.7 Å². The molecule has 2 atom stereocenters. The standard InChI is InChI=1S/C8H16N2O3S/c9-6-7(8(11)12)10-2-1-4-14(13)5-3-10/h7H,1-6,9H2,(H,11,12). The summed E-state index contributed by atoms with van der Waals surface area (Å²) in [6.45, 7) is 1.36. The predicted octanol–water partition coefficient (Wildman–Crippen LogP) is -1.15. The van der Waals surface area contributed by atoms with Crippen LogP contribution in [0.4, 0.5) is 0 Å². The van der Waals surface area contributed by atoms with Gasteiger partial charge in [0.05, 0.1) is 0 Å². The number of nitrogens with two attached hydrogens (primary N) is 1. The molecule has 0 bridgehead atoms. The zero-order valence-electron chi connectivity index (χ0n) is 8.02. The molecule has 2 unspecified atom stereocenters. The summed E-state index contributed by atoms with van der Waals surface area (Å²) < 4.78 is 11.2. The molecule has 5 nitrogen and oxygen atoms in total. The van der Waals surface area contributed by atoms with Gasteiger partial charge in [-0.15, -0.1) is 0 Å². The van der Waals surface area contributed by atoms with E-state index in [-0.39, 0.29) is 6.54 Å². The van der Waals surface area contributed by atoms with Crippen molar-refractivity contribution in [3.63, 3.8) is 0 Å². The van der Waals surface area contributed by atoms with Crippen molar-refractivity contribution in [1.29, 1.82) is 0 Å². The molecule has 6 heteroatoms. The van der Waals surface area contributed by atoms with E-state index in [9.17, 15) is 9.00 Å². The third kappa shape index (κ3) is 3.04. The van der Waals surface area contributed by atoms with Crippen LogP contribution in [-0.2, 0) is 15.6 Å². The van der Waals surface area contributed by atoms with Gasteiger partial charge in [0.25, 0.3) is 0 Å². The number of nitrogens with zero attached hydrogens (tertiary/aromatic N) is 1. The van der Waals surface area contributed by atoms with Crippen LogP contribution in [0.3, 0.4) is 0 Å². The van der Waals surface area contributed by atoms with Gasteiger partial charge in [-0.25, -0.2) is 0 Å². The van der Waals surface area contributed by atoms with E-state index in [0.717, 1.165) is 6.42 Å². The van der Waals surface area contributed by atoms with Gasteiger partial charge in [-0.3, -0.25) is 13.9 Å². The first-order chi connectivity index (χ1) is 6.65. The summed E-state index contributed by atoms with van der Waals surface area (Å²) in [6.07, 6.45) is 0.788. The Hall–Kier alpha value is -0.460. The number of carboxylic acid groups (broad SMARTS) is 1. The number of hydrogen-bond donors (Lipinski definition) is 2. The molecule has 1 rings (SSSR count). The van der Waals surface area contributed by atoms with E-state index in [1.165, 1.54) is 0 Å². The first-order valence-electron chi connectivity index (χ1n) is 4.67. The molecule has 1 heterocycles. The molecule has 0 amide bonds. The molecule has 0 aromatic rings. The fourth-order valence-corrected chi connectivity index (χ4v) is 2.67. The summed E-state index contributed by atoms with van der Waals surface area (Å²) in [5.41, 5.74) is 5.39. The van der Waals surface area contributed by atoms with Crippen molar-refractivity contribution in [2.45, 2.75) is 12.5 Å². The molecule has 0 aliphatic carbocycles. The van der Waals surface area contributed by atoms with E-state index in [0.29, 0.717) is 24.6 Å². The average molecular weight is 220 g/mol. The van der Waals surface area contributed by atoms with Crippen molar-refractivity contribution in [3.05, 3.63) is 0 Å². The molecule has 14 heavy (non-hydrogen) atoms. The molecule has 1 aliphatic rings. The molecule has 1 saturated heterocycles. The van der Waals surface area contributed by atoms with Crippen LogP contribution in [-0.4, -0.2) is 57.4 Å². The van der Waals surface area contributed by atoms with Gasteiger partial charge >= 0.3 is 5.97 Å². The molecule has 3 N–H and O–H groups in total. The molecule has 1 aliphatic heterocycles. The van der Waals surface area contributed by atoms with E-state index in [2.05, 4.69) is 0 Å². The normalized spacial score (nSPS) is 26.8. The van der Waals surface area contributed by atoms with E-state index < -0.39 is 22.8 Å². The van der Waals surface area contributed by atoms with E-state index in [4.69, 9.17) is 10.8 Å². The van der Waals surface area contributed by atoms with Gasteiger partial charge in [0, 0.05) is 35.4 Å². The van der Waals surface area contributed by atoms with Gasteiger partial charge in [-0.2, -0.15) is 0 Å². The lowest BCUT2D eigenvalue weighted by Crippen LogP contribution is -2.47. The van der Waals surface area contributed by atoms with E-state index >= 15 is 0 Å². The summed E-state index contributed by atoms with van der Waals surface area (Å²) in [6, 6.07) is -0.620. The lowest BCUT2D eigenvalue weighted by atomic mass is 10.2. The van der Waals surface area contributed by atoms with Crippen molar-refractivity contribution < 1.29 is 14.1 Å². The van der Waals surface area contributed by atoms with Crippen LogP contribution in [0.1, 0.15) is 6.42 Å². The lowest BCUT2D eigenvalue weighted by Gasteiger charge is -2.25. The molecule has 0 saturated carbocycles. The maximum Gasteiger partial charge on any atom is 0.322 e. The third-order valence-electron chi connectivity index (χ3n) is 2.37. The highest BCUT2D eigenvalue weighted by Gasteiger charge is 2.25. The second kappa shape index (κ2) is 5.43. The summed E-state index contributed by atoms with van der Waals surface area (Å²) in [4.78, 5) is 12.6. The maximum absolute atomic E-state index is 11.2. The van der Waals surface area contributed by atoms with Gasteiger partial charge < -0.3 is 10.8 Å². The minimum absolute atomic E-state index is 0.113.